The fraction of sp³-hybridized carbons (Fsp3) is 0.250. The van der Waals surface area contributed by atoms with Crippen LogP contribution >= 0.6 is 0 Å². The fourth-order valence-corrected chi connectivity index (χ4v) is 0.983. The molecule has 0 spiro atoms. The van der Waals surface area contributed by atoms with E-state index in [1.54, 1.807) is 13.2 Å². The van der Waals surface area contributed by atoms with Crippen molar-refractivity contribution >= 4 is 11.4 Å². The highest BCUT2D eigenvalue weighted by Crippen LogP contribution is 2.19. The summed E-state index contributed by atoms with van der Waals surface area (Å²) in [5, 5.41) is 10.3. The molecule has 70 valence electrons. The molecule has 0 fully saturated rings. The Balaban J connectivity index is 2.98. The molecule has 1 rings (SSSR count). The Morgan fingerprint density at radius 2 is 2.31 bits per heavy atom. The maximum absolute atomic E-state index is 10.3. The number of nitro benzene ring substituents is 1. The molecule has 0 unspecified atom stereocenters. The third kappa shape index (κ3) is 2.16. The lowest BCUT2D eigenvalue weighted by Gasteiger charge is -2.02. The van der Waals surface area contributed by atoms with Crippen LogP contribution in [0.25, 0.3) is 0 Å². The van der Waals surface area contributed by atoms with E-state index in [4.69, 9.17) is 10.5 Å². The Hall–Kier alpha value is -1.62. The van der Waals surface area contributed by atoms with Gasteiger partial charge in [0.1, 0.15) is 0 Å². The normalized spacial score (nSPS) is 9.92. The maximum Gasteiger partial charge on any atom is 0.271 e. The monoisotopic (exact) mass is 182 g/mol. The summed E-state index contributed by atoms with van der Waals surface area (Å²) in [6.07, 6.45) is 0. The van der Waals surface area contributed by atoms with Gasteiger partial charge in [-0.15, -0.1) is 0 Å². The van der Waals surface area contributed by atoms with E-state index in [0.29, 0.717) is 12.3 Å². The number of ether oxygens (including phenoxy) is 1. The van der Waals surface area contributed by atoms with E-state index in [-0.39, 0.29) is 5.69 Å². The highest BCUT2D eigenvalue weighted by Gasteiger charge is 2.07. The molecule has 0 aliphatic heterocycles. The Labute approximate surface area is 75.3 Å². The van der Waals surface area contributed by atoms with E-state index in [9.17, 15) is 10.1 Å². The van der Waals surface area contributed by atoms with Gasteiger partial charge in [-0.25, -0.2) is 0 Å². The highest BCUT2D eigenvalue weighted by atomic mass is 16.6. The fourth-order valence-electron chi connectivity index (χ4n) is 0.983. The summed E-state index contributed by atoms with van der Waals surface area (Å²) >= 11 is 0. The zero-order valence-electron chi connectivity index (χ0n) is 7.19. The van der Waals surface area contributed by atoms with E-state index in [1.807, 2.05) is 0 Å². The van der Waals surface area contributed by atoms with Crippen LogP contribution in [-0.2, 0) is 11.3 Å². The van der Waals surface area contributed by atoms with Crippen LogP contribution in [0.4, 0.5) is 11.4 Å². The summed E-state index contributed by atoms with van der Waals surface area (Å²) in [5.74, 6) is 0. The minimum absolute atomic E-state index is 0.00245. The molecular formula is C8H10N2O3. The van der Waals surface area contributed by atoms with Gasteiger partial charge < -0.3 is 10.5 Å². The number of hydrogen-bond acceptors (Lipinski definition) is 4. The molecule has 2 N–H and O–H groups in total. The van der Waals surface area contributed by atoms with E-state index in [2.05, 4.69) is 0 Å². The van der Waals surface area contributed by atoms with Crippen LogP contribution in [0.15, 0.2) is 18.2 Å². The van der Waals surface area contributed by atoms with Gasteiger partial charge in [-0.2, -0.15) is 0 Å². The second-order valence-electron chi connectivity index (χ2n) is 2.57. The van der Waals surface area contributed by atoms with Gasteiger partial charge in [0.05, 0.1) is 11.5 Å². The topological polar surface area (TPSA) is 78.4 Å². The van der Waals surface area contributed by atoms with Crippen molar-refractivity contribution in [1.82, 2.24) is 0 Å². The van der Waals surface area contributed by atoms with Crippen LogP contribution in [0.2, 0.25) is 0 Å². The van der Waals surface area contributed by atoms with Crippen molar-refractivity contribution in [3.8, 4) is 0 Å². The van der Waals surface area contributed by atoms with Crippen LogP contribution in [0, 0.1) is 10.1 Å². The summed E-state index contributed by atoms with van der Waals surface area (Å²) in [6.45, 7) is 0.365. The minimum Gasteiger partial charge on any atom is -0.398 e. The van der Waals surface area contributed by atoms with Crippen molar-refractivity contribution in [2.75, 3.05) is 12.8 Å². The number of nitro groups is 1. The molecule has 0 radical (unpaired) electrons. The summed E-state index contributed by atoms with van der Waals surface area (Å²) in [4.78, 5) is 9.86. The van der Waals surface area contributed by atoms with E-state index in [0.717, 1.165) is 5.56 Å². The Morgan fingerprint density at radius 3 is 2.77 bits per heavy atom. The van der Waals surface area contributed by atoms with Crippen LogP contribution in [0.1, 0.15) is 5.56 Å². The molecule has 0 aliphatic carbocycles. The first kappa shape index (κ1) is 9.47. The number of methoxy groups -OCH3 is 1. The van der Waals surface area contributed by atoms with Gasteiger partial charge in [-0.1, -0.05) is 0 Å². The Bertz CT molecular complexity index is 325. The Morgan fingerprint density at radius 1 is 1.62 bits per heavy atom. The first-order valence-electron chi connectivity index (χ1n) is 3.67. The molecule has 1 aromatic carbocycles. The number of hydrogen-bond donors (Lipinski definition) is 1. The molecule has 0 saturated heterocycles. The third-order valence-electron chi connectivity index (χ3n) is 1.64. The second-order valence-corrected chi connectivity index (χ2v) is 2.57. The van der Waals surface area contributed by atoms with E-state index in [1.165, 1.54) is 12.1 Å². The number of benzene rings is 1. The van der Waals surface area contributed by atoms with Gasteiger partial charge >= 0.3 is 0 Å². The molecule has 13 heavy (non-hydrogen) atoms. The van der Waals surface area contributed by atoms with Crippen LogP contribution in [0.3, 0.4) is 0 Å². The minimum atomic E-state index is -0.479. The zero-order chi connectivity index (χ0) is 9.84. The van der Waals surface area contributed by atoms with E-state index >= 15 is 0 Å². The predicted octanol–water partition coefficient (Wildman–Crippen LogP) is 1.32. The number of nitrogens with zero attached hydrogens (tertiary/aromatic N) is 1. The van der Waals surface area contributed by atoms with Crippen molar-refractivity contribution in [1.29, 1.82) is 0 Å². The lowest BCUT2D eigenvalue weighted by Crippen LogP contribution is -1.97. The van der Waals surface area contributed by atoms with Gasteiger partial charge in [-0.3, -0.25) is 10.1 Å². The number of nitrogens with two attached hydrogens (primary N) is 1. The number of rotatable bonds is 3. The zero-order valence-corrected chi connectivity index (χ0v) is 7.19. The molecule has 0 amide bonds. The van der Waals surface area contributed by atoms with Crippen molar-refractivity contribution in [3.05, 3.63) is 33.9 Å². The molecule has 0 saturated carbocycles. The second kappa shape index (κ2) is 3.86. The summed E-state index contributed by atoms with van der Waals surface area (Å²) in [7, 11) is 1.54. The maximum atomic E-state index is 10.3. The van der Waals surface area contributed by atoms with Crippen molar-refractivity contribution in [3.63, 3.8) is 0 Å². The first-order chi connectivity index (χ1) is 6.15. The Kier molecular flexibility index (Phi) is 2.81. The van der Waals surface area contributed by atoms with Gasteiger partial charge in [0, 0.05) is 30.5 Å². The SMILES string of the molecule is COCc1ccc([N+](=O)[O-])cc1N. The highest BCUT2D eigenvalue weighted by molar-refractivity contribution is 5.53. The molecule has 5 heteroatoms. The molecule has 5 nitrogen and oxygen atoms in total. The molecule has 0 aliphatic rings. The van der Waals surface area contributed by atoms with Crippen molar-refractivity contribution in [2.45, 2.75) is 6.61 Å². The lowest BCUT2D eigenvalue weighted by molar-refractivity contribution is -0.384. The average molecular weight is 182 g/mol. The summed E-state index contributed by atoms with van der Waals surface area (Å²) in [5.41, 5.74) is 6.70. The number of non-ortho nitro benzene ring substituents is 1. The molecular weight excluding hydrogens is 172 g/mol. The van der Waals surface area contributed by atoms with Gasteiger partial charge in [0.2, 0.25) is 0 Å². The predicted molar refractivity (Wildman–Crippen MR) is 48.2 cm³/mol. The van der Waals surface area contributed by atoms with Crippen molar-refractivity contribution in [2.24, 2.45) is 0 Å². The van der Waals surface area contributed by atoms with Crippen LogP contribution in [-0.4, -0.2) is 12.0 Å². The average Bonchev–Trinajstić information content (AvgIpc) is 2.08. The molecule has 1 aromatic rings. The first-order valence-corrected chi connectivity index (χ1v) is 3.67. The van der Waals surface area contributed by atoms with Crippen molar-refractivity contribution < 1.29 is 9.66 Å². The van der Waals surface area contributed by atoms with Crippen LogP contribution < -0.4 is 5.73 Å². The van der Waals surface area contributed by atoms with Gasteiger partial charge in [-0.05, 0) is 6.07 Å². The van der Waals surface area contributed by atoms with E-state index < -0.39 is 4.92 Å². The molecule has 0 bridgehead atoms. The third-order valence-corrected chi connectivity index (χ3v) is 1.64. The van der Waals surface area contributed by atoms with Crippen LogP contribution in [0.5, 0.6) is 0 Å². The quantitative estimate of drug-likeness (QED) is 0.434. The van der Waals surface area contributed by atoms with Gasteiger partial charge in [0.15, 0.2) is 0 Å². The number of anilines is 1. The smallest absolute Gasteiger partial charge is 0.271 e. The summed E-state index contributed by atoms with van der Waals surface area (Å²) < 4.78 is 4.86. The molecule has 0 atom stereocenters. The van der Waals surface area contributed by atoms with Gasteiger partial charge in [0.25, 0.3) is 5.69 Å². The molecule has 0 aromatic heterocycles. The largest absolute Gasteiger partial charge is 0.398 e. The number of nitrogen functional groups attached to an aromatic ring is 1. The standard InChI is InChI=1S/C8H10N2O3/c1-13-5-6-2-3-7(10(11)12)4-8(6)9/h2-4H,5,9H2,1H3. The molecule has 0 heterocycles. The lowest BCUT2D eigenvalue weighted by atomic mass is 10.2. The summed E-state index contributed by atoms with van der Waals surface area (Å²) in [6, 6.07) is 4.33.